The van der Waals surface area contributed by atoms with Crippen LogP contribution in [0.15, 0.2) is 24.3 Å². The number of rotatable bonds is 2. The van der Waals surface area contributed by atoms with E-state index in [9.17, 15) is 9.18 Å². The van der Waals surface area contributed by atoms with Crippen molar-refractivity contribution in [3.05, 3.63) is 35.6 Å². The second-order valence-electron chi connectivity index (χ2n) is 2.93. The van der Waals surface area contributed by atoms with Crippen LogP contribution in [0, 0.1) is 5.82 Å². The van der Waals surface area contributed by atoms with Crippen LogP contribution < -0.4 is 10.6 Å². The van der Waals surface area contributed by atoms with E-state index in [4.69, 9.17) is 12.2 Å². The molecule has 0 bridgehead atoms. The Morgan fingerprint density at radius 3 is 2.53 bits per heavy atom. The summed E-state index contributed by atoms with van der Waals surface area (Å²) < 4.78 is 12.6. The molecule has 0 saturated heterocycles. The first-order valence-corrected chi connectivity index (χ1v) is 4.78. The van der Waals surface area contributed by atoms with Crippen molar-refractivity contribution in [2.24, 2.45) is 0 Å². The maximum Gasteiger partial charge on any atom is 0.230 e. The van der Waals surface area contributed by atoms with Crippen molar-refractivity contribution in [2.45, 2.75) is 6.42 Å². The van der Waals surface area contributed by atoms with Gasteiger partial charge in [0.05, 0.1) is 6.42 Å². The standard InChI is InChI=1S/C10H11FN2OS/c1-12-10(15)13-9(14)6-7-2-4-8(11)5-3-7/h2-5H,6H2,1H3,(H2,12,13,14,15). The summed E-state index contributed by atoms with van der Waals surface area (Å²) in [7, 11) is 1.63. The zero-order valence-corrected chi connectivity index (χ0v) is 9.03. The van der Waals surface area contributed by atoms with E-state index >= 15 is 0 Å². The van der Waals surface area contributed by atoms with Gasteiger partial charge in [-0.25, -0.2) is 4.39 Å². The molecule has 15 heavy (non-hydrogen) atoms. The second kappa shape index (κ2) is 5.41. The zero-order valence-electron chi connectivity index (χ0n) is 8.21. The van der Waals surface area contributed by atoms with Gasteiger partial charge in [0.2, 0.25) is 5.91 Å². The van der Waals surface area contributed by atoms with Gasteiger partial charge < -0.3 is 10.6 Å². The Bertz CT molecular complexity index is 364. The van der Waals surface area contributed by atoms with E-state index in [-0.39, 0.29) is 23.3 Å². The fraction of sp³-hybridized carbons (Fsp3) is 0.200. The summed E-state index contributed by atoms with van der Waals surface area (Å²) in [4.78, 5) is 11.3. The lowest BCUT2D eigenvalue weighted by Gasteiger charge is -2.05. The first kappa shape index (κ1) is 11.6. The van der Waals surface area contributed by atoms with E-state index in [1.165, 1.54) is 12.1 Å². The molecule has 0 aliphatic rings. The van der Waals surface area contributed by atoms with Gasteiger partial charge >= 0.3 is 0 Å². The molecule has 0 unspecified atom stereocenters. The minimum Gasteiger partial charge on any atom is -0.365 e. The quantitative estimate of drug-likeness (QED) is 0.739. The van der Waals surface area contributed by atoms with Crippen LogP contribution in [-0.2, 0) is 11.2 Å². The molecule has 1 amide bonds. The van der Waals surface area contributed by atoms with Gasteiger partial charge in [0, 0.05) is 7.05 Å². The number of carbonyl (C=O) groups excluding carboxylic acids is 1. The summed E-state index contributed by atoms with van der Waals surface area (Å²) in [5.74, 6) is -0.536. The lowest BCUT2D eigenvalue weighted by molar-refractivity contribution is -0.119. The minimum absolute atomic E-state index is 0.183. The van der Waals surface area contributed by atoms with E-state index in [1.54, 1.807) is 19.2 Å². The van der Waals surface area contributed by atoms with Crippen molar-refractivity contribution < 1.29 is 9.18 Å². The third-order valence-corrected chi connectivity index (χ3v) is 2.06. The molecule has 0 spiro atoms. The summed E-state index contributed by atoms with van der Waals surface area (Å²) in [6.07, 6.45) is 0.183. The molecular formula is C10H11FN2OS. The predicted molar refractivity (Wildman–Crippen MR) is 59.9 cm³/mol. The molecule has 0 aromatic heterocycles. The SMILES string of the molecule is CNC(=S)NC(=O)Cc1ccc(F)cc1. The van der Waals surface area contributed by atoms with Gasteiger partial charge in [-0.3, -0.25) is 4.79 Å². The molecule has 1 rings (SSSR count). The van der Waals surface area contributed by atoms with Crippen LogP contribution in [0.5, 0.6) is 0 Å². The summed E-state index contributed by atoms with van der Waals surface area (Å²) in [6, 6.07) is 5.77. The van der Waals surface area contributed by atoms with E-state index < -0.39 is 0 Å². The topological polar surface area (TPSA) is 41.1 Å². The lowest BCUT2D eigenvalue weighted by Crippen LogP contribution is -2.37. The van der Waals surface area contributed by atoms with Crippen LogP contribution in [0.2, 0.25) is 0 Å². The Labute approximate surface area is 92.7 Å². The number of amides is 1. The number of carbonyl (C=O) groups is 1. The smallest absolute Gasteiger partial charge is 0.230 e. The molecule has 80 valence electrons. The molecule has 1 aromatic carbocycles. The predicted octanol–water partition coefficient (Wildman–Crippen LogP) is 0.989. The third kappa shape index (κ3) is 4.03. The van der Waals surface area contributed by atoms with E-state index in [2.05, 4.69) is 10.6 Å². The summed E-state index contributed by atoms with van der Waals surface area (Å²) in [5.41, 5.74) is 0.743. The van der Waals surface area contributed by atoms with Gasteiger partial charge in [-0.05, 0) is 29.9 Å². The van der Waals surface area contributed by atoms with Crippen molar-refractivity contribution in [3.8, 4) is 0 Å². The molecule has 3 nitrogen and oxygen atoms in total. The Kier molecular flexibility index (Phi) is 4.17. The number of thiocarbonyl (C=S) groups is 1. The Balaban J connectivity index is 2.51. The molecule has 1 aromatic rings. The van der Waals surface area contributed by atoms with E-state index in [0.29, 0.717) is 0 Å². The molecule has 0 aliphatic heterocycles. The summed E-state index contributed by atoms with van der Waals surface area (Å²) >= 11 is 4.77. The van der Waals surface area contributed by atoms with Gasteiger partial charge in [0.15, 0.2) is 5.11 Å². The van der Waals surface area contributed by atoms with Crippen LogP contribution >= 0.6 is 12.2 Å². The minimum atomic E-state index is -0.315. The van der Waals surface area contributed by atoms with Crippen LogP contribution in [0.1, 0.15) is 5.56 Å². The largest absolute Gasteiger partial charge is 0.365 e. The third-order valence-electron chi connectivity index (χ3n) is 1.76. The molecular weight excluding hydrogens is 215 g/mol. The van der Waals surface area contributed by atoms with Crippen LogP contribution in [0.3, 0.4) is 0 Å². The monoisotopic (exact) mass is 226 g/mol. The molecule has 2 N–H and O–H groups in total. The van der Waals surface area contributed by atoms with Crippen molar-refractivity contribution >= 4 is 23.2 Å². The van der Waals surface area contributed by atoms with Gasteiger partial charge in [-0.15, -0.1) is 0 Å². The molecule has 0 aliphatic carbocycles. The van der Waals surface area contributed by atoms with Crippen LogP contribution in [0.25, 0.3) is 0 Å². The average Bonchev–Trinajstić information content (AvgIpc) is 2.21. The van der Waals surface area contributed by atoms with Crippen LogP contribution in [-0.4, -0.2) is 18.1 Å². The highest BCUT2D eigenvalue weighted by molar-refractivity contribution is 7.80. The average molecular weight is 226 g/mol. The molecule has 5 heteroatoms. The number of benzene rings is 1. The number of hydrogen-bond donors (Lipinski definition) is 2. The second-order valence-corrected chi connectivity index (χ2v) is 3.34. The highest BCUT2D eigenvalue weighted by Gasteiger charge is 2.04. The molecule has 0 atom stereocenters. The van der Waals surface area contributed by atoms with Gasteiger partial charge in [0.1, 0.15) is 5.82 Å². The lowest BCUT2D eigenvalue weighted by atomic mass is 10.1. The fourth-order valence-corrected chi connectivity index (χ4v) is 1.13. The number of nitrogens with one attached hydrogen (secondary N) is 2. The van der Waals surface area contributed by atoms with E-state index in [0.717, 1.165) is 5.56 Å². The number of halogens is 1. The van der Waals surface area contributed by atoms with E-state index in [1.807, 2.05) is 0 Å². The molecule has 0 saturated carbocycles. The highest BCUT2D eigenvalue weighted by Crippen LogP contribution is 2.03. The van der Waals surface area contributed by atoms with Crippen molar-refractivity contribution in [1.82, 2.24) is 10.6 Å². The summed E-state index contributed by atoms with van der Waals surface area (Å²) in [5, 5.41) is 5.39. The molecule has 0 heterocycles. The normalized spacial score (nSPS) is 9.47. The fourth-order valence-electron chi connectivity index (χ4n) is 1.02. The van der Waals surface area contributed by atoms with Crippen molar-refractivity contribution in [2.75, 3.05) is 7.05 Å². The van der Waals surface area contributed by atoms with Gasteiger partial charge in [-0.1, -0.05) is 12.1 Å². The molecule has 0 fully saturated rings. The number of hydrogen-bond acceptors (Lipinski definition) is 2. The van der Waals surface area contributed by atoms with Crippen LogP contribution in [0.4, 0.5) is 4.39 Å². The maximum absolute atomic E-state index is 12.6. The van der Waals surface area contributed by atoms with Crippen molar-refractivity contribution in [1.29, 1.82) is 0 Å². The zero-order chi connectivity index (χ0) is 11.3. The summed E-state index contributed by atoms with van der Waals surface area (Å²) in [6.45, 7) is 0. The highest BCUT2D eigenvalue weighted by atomic mass is 32.1. The molecule has 0 radical (unpaired) electrons. The van der Waals surface area contributed by atoms with Gasteiger partial charge in [0.25, 0.3) is 0 Å². The Morgan fingerprint density at radius 1 is 1.40 bits per heavy atom. The van der Waals surface area contributed by atoms with Gasteiger partial charge in [-0.2, -0.15) is 0 Å². The first-order chi connectivity index (χ1) is 7.11. The Morgan fingerprint density at radius 2 is 2.00 bits per heavy atom. The maximum atomic E-state index is 12.6. The Hall–Kier alpha value is -1.49. The van der Waals surface area contributed by atoms with Crippen molar-refractivity contribution in [3.63, 3.8) is 0 Å². The first-order valence-electron chi connectivity index (χ1n) is 4.38.